The fraction of sp³-hybridized carbons (Fsp3) is 0.571. The van der Waals surface area contributed by atoms with E-state index in [1.807, 2.05) is 0 Å². The second-order valence-corrected chi connectivity index (χ2v) is 4.51. The predicted molar refractivity (Wildman–Crippen MR) is 72.5 cm³/mol. The summed E-state index contributed by atoms with van der Waals surface area (Å²) in [6, 6.07) is 7.06. The maximum absolute atomic E-state index is 12.0. The van der Waals surface area contributed by atoms with Crippen LogP contribution in [0.15, 0.2) is 24.3 Å². The van der Waals surface area contributed by atoms with Crippen molar-refractivity contribution < 1.29 is 13.5 Å². The lowest BCUT2D eigenvalue weighted by Crippen LogP contribution is -2.36. The molecule has 19 heavy (non-hydrogen) atoms. The van der Waals surface area contributed by atoms with E-state index < -0.39 is 6.61 Å². The minimum atomic E-state index is -2.77. The Morgan fingerprint density at radius 2 is 1.89 bits per heavy atom. The first-order valence-electron chi connectivity index (χ1n) is 6.59. The molecule has 0 bridgehead atoms. The second kappa shape index (κ2) is 8.82. The molecule has 1 rings (SSSR count). The van der Waals surface area contributed by atoms with Gasteiger partial charge in [0.1, 0.15) is 5.75 Å². The summed E-state index contributed by atoms with van der Waals surface area (Å²) < 4.78 is 28.3. The fourth-order valence-corrected chi connectivity index (χ4v) is 1.65. The van der Waals surface area contributed by atoms with Crippen molar-refractivity contribution in [3.05, 3.63) is 29.8 Å². The van der Waals surface area contributed by atoms with Crippen molar-refractivity contribution in [2.24, 2.45) is 0 Å². The highest BCUT2D eigenvalue weighted by Gasteiger charge is 2.04. The molecule has 0 saturated heterocycles. The van der Waals surface area contributed by atoms with E-state index in [0.717, 1.165) is 25.1 Å². The largest absolute Gasteiger partial charge is 0.435 e. The van der Waals surface area contributed by atoms with Crippen LogP contribution in [0.5, 0.6) is 5.75 Å². The summed E-state index contributed by atoms with van der Waals surface area (Å²) in [6.45, 7) is 4.12. The zero-order valence-electron chi connectivity index (χ0n) is 11.5. The summed E-state index contributed by atoms with van der Waals surface area (Å²) in [5, 5.41) is 6.70. The van der Waals surface area contributed by atoms with Crippen LogP contribution in [0.4, 0.5) is 8.78 Å². The highest BCUT2D eigenvalue weighted by atomic mass is 19.3. The molecule has 0 spiro atoms. The molecule has 0 amide bonds. The van der Waals surface area contributed by atoms with Crippen molar-refractivity contribution in [1.29, 1.82) is 0 Å². The molecule has 3 nitrogen and oxygen atoms in total. The van der Waals surface area contributed by atoms with Crippen molar-refractivity contribution in [2.75, 3.05) is 13.1 Å². The summed E-state index contributed by atoms with van der Waals surface area (Å²) in [5.41, 5.74) is 1.05. The zero-order valence-corrected chi connectivity index (χ0v) is 11.5. The normalized spacial score (nSPS) is 12.7. The smallest absolute Gasteiger partial charge is 0.387 e. The van der Waals surface area contributed by atoms with E-state index in [2.05, 4.69) is 29.2 Å². The Labute approximate surface area is 113 Å². The maximum atomic E-state index is 12.0. The number of hydrogen-bond acceptors (Lipinski definition) is 3. The van der Waals surface area contributed by atoms with Crippen LogP contribution in [0.1, 0.15) is 25.8 Å². The number of alkyl halides is 2. The van der Waals surface area contributed by atoms with Gasteiger partial charge in [-0.25, -0.2) is 0 Å². The van der Waals surface area contributed by atoms with Crippen LogP contribution in [0, 0.1) is 0 Å². The number of rotatable bonds is 9. The molecular weight excluding hydrogens is 250 g/mol. The molecule has 1 unspecified atom stereocenters. The van der Waals surface area contributed by atoms with E-state index in [4.69, 9.17) is 0 Å². The maximum Gasteiger partial charge on any atom is 0.387 e. The number of ether oxygens (including phenoxy) is 1. The van der Waals surface area contributed by atoms with Gasteiger partial charge >= 0.3 is 6.61 Å². The van der Waals surface area contributed by atoms with Gasteiger partial charge in [0.05, 0.1) is 0 Å². The Morgan fingerprint density at radius 3 is 2.47 bits per heavy atom. The highest BCUT2D eigenvalue weighted by molar-refractivity contribution is 5.27. The monoisotopic (exact) mass is 272 g/mol. The Hall–Kier alpha value is -1.20. The van der Waals surface area contributed by atoms with Gasteiger partial charge in [0.2, 0.25) is 0 Å². The molecular formula is C14H22F2N2O. The first kappa shape index (κ1) is 15.9. The molecule has 0 heterocycles. The van der Waals surface area contributed by atoms with E-state index in [0.29, 0.717) is 12.6 Å². The number of halogens is 2. The molecule has 0 aromatic heterocycles. The van der Waals surface area contributed by atoms with Crippen molar-refractivity contribution in [3.63, 3.8) is 0 Å². The summed E-state index contributed by atoms with van der Waals surface area (Å²) in [6.07, 6.45) is 1.12. The molecule has 0 aliphatic rings. The van der Waals surface area contributed by atoms with Crippen molar-refractivity contribution in [1.82, 2.24) is 10.6 Å². The van der Waals surface area contributed by atoms with Gasteiger partial charge in [0.25, 0.3) is 0 Å². The quantitative estimate of drug-likeness (QED) is 0.678. The van der Waals surface area contributed by atoms with Gasteiger partial charge in [-0.05, 0) is 37.6 Å². The molecule has 0 fully saturated rings. The zero-order chi connectivity index (χ0) is 14.1. The molecule has 0 aliphatic heterocycles. The van der Waals surface area contributed by atoms with Gasteiger partial charge < -0.3 is 15.4 Å². The van der Waals surface area contributed by atoms with Gasteiger partial charge in [-0.1, -0.05) is 19.1 Å². The van der Waals surface area contributed by atoms with E-state index >= 15 is 0 Å². The summed E-state index contributed by atoms with van der Waals surface area (Å²) >= 11 is 0. The minimum absolute atomic E-state index is 0.191. The second-order valence-electron chi connectivity index (χ2n) is 4.51. The van der Waals surface area contributed by atoms with Crippen LogP contribution in [0.25, 0.3) is 0 Å². The highest BCUT2D eigenvalue weighted by Crippen LogP contribution is 2.14. The first-order chi connectivity index (χ1) is 9.11. The van der Waals surface area contributed by atoms with Crippen LogP contribution in [0.2, 0.25) is 0 Å². The van der Waals surface area contributed by atoms with E-state index in [9.17, 15) is 8.78 Å². The van der Waals surface area contributed by atoms with Gasteiger partial charge in [0.15, 0.2) is 0 Å². The van der Waals surface area contributed by atoms with Crippen LogP contribution < -0.4 is 15.4 Å². The standard InChI is InChI=1S/C14H22F2N2O/c1-3-8-17-9-11(2)18-10-12-4-6-13(7-5-12)19-14(15)16/h4-7,11,14,17-18H,3,8-10H2,1-2H3. The lowest BCUT2D eigenvalue weighted by molar-refractivity contribution is -0.0498. The molecule has 2 N–H and O–H groups in total. The average molecular weight is 272 g/mol. The van der Waals surface area contributed by atoms with Gasteiger partial charge in [-0.2, -0.15) is 8.78 Å². The Kier molecular flexibility index (Phi) is 7.36. The molecule has 1 atom stereocenters. The SMILES string of the molecule is CCCNCC(C)NCc1ccc(OC(F)F)cc1. The van der Waals surface area contributed by atoms with Gasteiger partial charge in [-0.15, -0.1) is 0 Å². The van der Waals surface area contributed by atoms with Gasteiger partial charge in [-0.3, -0.25) is 0 Å². The van der Waals surface area contributed by atoms with Crippen LogP contribution in [-0.4, -0.2) is 25.7 Å². The summed E-state index contributed by atoms with van der Waals surface area (Å²) in [7, 11) is 0. The van der Waals surface area contributed by atoms with Crippen molar-refractivity contribution >= 4 is 0 Å². The van der Waals surface area contributed by atoms with E-state index in [1.54, 1.807) is 24.3 Å². The Balaban J connectivity index is 2.29. The van der Waals surface area contributed by atoms with Crippen molar-refractivity contribution in [3.8, 4) is 5.75 Å². The Morgan fingerprint density at radius 1 is 1.21 bits per heavy atom. The topological polar surface area (TPSA) is 33.3 Å². The first-order valence-corrected chi connectivity index (χ1v) is 6.59. The summed E-state index contributed by atoms with van der Waals surface area (Å²) in [4.78, 5) is 0. The third-order valence-electron chi connectivity index (χ3n) is 2.68. The average Bonchev–Trinajstić information content (AvgIpc) is 2.37. The lowest BCUT2D eigenvalue weighted by atomic mass is 10.2. The summed E-state index contributed by atoms with van der Waals surface area (Å²) in [5.74, 6) is 0.191. The lowest BCUT2D eigenvalue weighted by Gasteiger charge is -2.14. The molecule has 0 aliphatic carbocycles. The Bertz CT molecular complexity index is 344. The van der Waals surface area contributed by atoms with Gasteiger partial charge in [0, 0.05) is 19.1 Å². The fourth-order valence-electron chi connectivity index (χ4n) is 1.65. The minimum Gasteiger partial charge on any atom is -0.435 e. The third-order valence-corrected chi connectivity index (χ3v) is 2.68. The number of nitrogens with one attached hydrogen (secondary N) is 2. The van der Waals surface area contributed by atoms with Crippen LogP contribution in [-0.2, 0) is 6.54 Å². The molecule has 1 aromatic rings. The number of benzene rings is 1. The molecule has 0 saturated carbocycles. The molecule has 0 radical (unpaired) electrons. The third kappa shape index (κ3) is 7.08. The van der Waals surface area contributed by atoms with E-state index in [1.165, 1.54) is 0 Å². The van der Waals surface area contributed by atoms with Crippen LogP contribution in [0.3, 0.4) is 0 Å². The molecule has 5 heteroatoms. The number of hydrogen-bond donors (Lipinski definition) is 2. The molecule has 108 valence electrons. The van der Waals surface area contributed by atoms with Crippen molar-refractivity contribution in [2.45, 2.75) is 39.5 Å². The molecule has 1 aromatic carbocycles. The predicted octanol–water partition coefficient (Wildman–Crippen LogP) is 2.77. The van der Waals surface area contributed by atoms with E-state index in [-0.39, 0.29) is 5.75 Å². The van der Waals surface area contributed by atoms with Crippen LogP contribution >= 0.6 is 0 Å².